The normalized spacial score (nSPS) is 18.0. The average Bonchev–Trinajstić information content (AvgIpc) is 3.17. The molecule has 36 heavy (non-hydrogen) atoms. The first-order chi connectivity index (χ1) is 17.0. The zero-order chi connectivity index (χ0) is 26.3. The van der Waals surface area contributed by atoms with Gasteiger partial charge >= 0.3 is 6.18 Å². The van der Waals surface area contributed by atoms with Gasteiger partial charge in [0.05, 0.1) is 11.3 Å². The lowest BCUT2D eigenvalue weighted by atomic mass is 9.82. The molecular weight excluding hydrogens is 472 g/mol. The number of carbonyl (C=O) groups is 1. The third-order valence-electron chi connectivity index (χ3n) is 7.26. The highest BCUT2D eigenvalue weighted by Crippen LogP contribution is 2.43. The van der Waals surface area contributed by atoms with E-state index in [0.717, 1.165) is 34.6 Å². The van der Waals surface area contributed by atoms with Gasteiger partial charge in [0.25, 0.3) is 0 Å². The summed E-state index contributed by atoms with van der Waals surface area (Å²) in [6, 6.07) is 11.5. The molecule has 2 N–H and O–H groups in total. The largest absolute Gasteiger partial charge is 0.416 e. The molecule has 4 rings (SSSR count). The number of amides is 1. The molecule has 0 saturated heterocycles. The summed E-state index contributed by atoms with van der Waals surface area (Å²) in [5, 5.41) is 4.68. The molecule has 0 aliphatic carbocycles. The minimum atomic E-state index is -4.64. The molecule has 9 heteroatoms. The van der Waals surface area contributed by atoms with Gasteiger partial charge in [0.15, 0.2) is 0 Å². The van der Waals surface area contributed by atoms with Crippen LogP contribution in [-0.2, 0) is 35.9 Å². The molecule has 1 aliphatic heterocycles. The number of primary amides is 1. The van der Waals surface area contributed by atoms with E-state index >= 15 is 0 Å². The van der Waals surface area contributed by atoms with E-state index in [0.29, 0.717) is 32.0 Å². The van der Waals surface area contributed by atoms with Crippen molar-refractivity contribution in [1.82, 2.24) is 14.7 Å². The molecule has 0 bridgehead atoms. The predicted molar refractivity (Wildman–Crippen MR) is 129 cm³/mol. The molecule has 2 atom stereocenters. The number of alkyl halides is 3. The molecule has 192 valence electrons. The monoisotopic (exact) mass is 502 g/mol. The van der Waals surface area contributed by atoms with Crippen molar-refractivity contribution in [3.63, 3.8) is 0 Å². The summed E-state index contributed by atoms with van der Waals surface area (Å²) in [5.41, 5.74) is 7.61. The van der Waals surface area contributed by atoms with Crippen LogP contribution in [-0.4, -0.2) is 27.1 Å². The van der Waals surface area contributed by atoms with Crippen LogP contribution in [0.15, 0.2) is 48.5 Å². The van der Waals surface area contributed by atoms with Crippen LogP contribution in [0.4, 0.5) is 17.6 Å². The van der Waals surface area contributed by atoms with E-state index in [-0.39, 0.29) is 18.0 Å². The smallest absolute Gasteiger partial charge is 0.368 e. The number of aryl methyl sites for hydroxylation is 3. The second-order valence-electron chi connectivity index (χ2n) is 9.41. The first kappa shape index (κ1) is 25.9. The Kier molecular flexibility index (Phi) is 6.96. The number of benzene rings is 2. The fourth-order valence-electron chi connectivity index (χ4n) is 5.45. The van der Waals surface area contributed by atoms with Gasteiger partial charge in [-0.1, -0.05) is 30.3 Å². The number of nitrogens with two attached hydrogens (primary N) is 1. The van der Waals surface area contributed by atoms with E-state index in [1.807, 2.05) is 53.8 Å². The number of carbonyl (C=O) groups excluding carboxylic acids is 1. The quantitative estimate of drug-likeness (QED) is 0.446. The van der Waals surface area contributed by atoms with Crippen LogP contribution in [0.25, 0.3) is 0 Å². The molecule has 5 nitrogen and oxygen atoms in total. The van der Waals surface area contributed by atoms with Gasteiger partial charge in [-0.2, -0.15) is 18.3 Å². The molecule has 1 amide bonds. The standard InChI is InChI=1S/C27H30F4N4O/c1-4-35-23-12-13-34(26(3,25(32)36)19-8-6-5-7-9-19)22(24(23)17(2)33-35)11-10-18-14-20(27(29,30)31)16-21(28)15-18/h5-9,14-16,22H,4,10-13H2,1-3H3,(H2,32,36). The Balaban J connectivity index is 1.78. The van der Waals surface area contributed by atoms with Gasteiger partial charge in [0.1, 0.15) is 11.4 Å². The summed E-state index contributed by atoms with van der Waals surface area (Å²) in [6.45, 7) is 6.86. The van der Waals surface area contributed by atoms with Crippen LogP contribution in [0.3, 0.4) is 0 Å². The van der Waals surface area contributed by atoms with Crippen molar-refractivity contribution in [1.29, 1.82) is 0 Å². The average molecular weight is 503 g/mol. The highest BCUT2D eigenvalue weighted by molar-refractivity contribution is 5.86. The Bertz CT molecular complexity index is 1250. The van der Waals surface area contributed by atoms with Gasteiger partial charge in [0, 0.05) is 36.8 Å². The van der Waals surface area contributed by atoms with E-state index in [1.165, 1.54) is 0 Å². The lowest BCUT2D eigenvalue weighted by Gasteiger charge is -2.47. The van der Waals surface area contributed by atoms with Crippen molar-refractivity contribution >= 4 is 5.91 Å². The molecule has 0 radical (unpaired) electrons. The number of rotatable bonds is 7. The maximum absolute atomic E-state index is 14.1. The van der Waals surface area contributed by atoms with Crippen LogP contribution in [0.1, 0.15) is 60.0 Å². The Hall–Kier alpha value is -3.20. The zero-order valence-electron chi connectivity index (χ0n) is 20.6. The van der Waals surface area contributed by atoms with Crippen molar-refractivity contribution < 1.29 is 22.4 Å². The molecular formula is C27H30F4N4O. The number of hydrogen-bond donors (Lipinski definition) is 1. The van der Waals surface area contributed by atoms with Gasteiger partial charge in [-0.05, 0) is 62.9 Å². The van der Waals surface area contributed by atoms with E-state index in [9.17, 15) is 22.4 Å². The lowest BCUT2D eigenvalue weighted by molar-refractivity contribution is -0.138. The summed E-state index contributed by atoms with van der Waals surface area (Å²) >= 11 is 0. The van der Waals surface area contributed by atoms with Crippen LogP contribution in [0, 0.1) is 12.7 Å². The minimum Gasteiger partial charge on any atom is -0.368 e. The molecule has 1 aromatic heterocycles. The summed E-state index contributed by atoms with van der Waals surface area (Å²) in [4.78, 5) is 15.0. The fourth-order valence-corrected chi connectivity index (χ4v) is 5.45. The van der Waals surface area contributed by atoms with E-state index in [2.05, 4.69) is 5.10 Å². The maximum Gasteiger partial charge on any atom is 0.416 e. The van der Waals surface area contributed by atoms with Gasteiger partial charge in [-0.15, -0.1) is 0 Å². The van der Waals surface area contributed by atoms with Crippen molar-refractivity contribution in [2.45, 2.75) is 64.3 Å². The molecule has 0 spiro atoms. The second-order valence-corrected chi connectivity index (χ2v) is 9.41. The van der Waals surface area contributed by atoms with Gasteiger partial charge in [0.2, 0.25) is 5.91 Å². The van der Waals surface area contributed by atoms with E-state index in [1.54, 1.807) is 6.92 Å². The van der Waals surface area contributed by atoms with Gasteiger partial charge < -0.3 is 5.73 Å². The summed E-state index contributed by atoms with van der Waals surface area (Å²) in [6.07, 6.45) is -3.45. The number of hydrogen-bond acceptors (Lipinski definition) is 3. The van der Waals surface area contributed by atoms with Gasteiger partial charge in [-0.3, -0.25) is 14.4 Å². The Morgan fingerprint density at radius 1 is 1.14 bits per heavy atom. The Morgan fingerprint density at radius 3 is 2.44 bits per heavy atom. The number of halogens is 4. The first-order valence-electron chi connectivity index (χ1n) is 12.0. The van der Waals surface area contributed by atoms with Crippen molar-refractivity contribution in [3.05, 3.63) is 88.0 Å². The molecule has 2 aromatic carbocycles. The van der Waals surface area contributed by atoms with Crippen LogP contribution in [0.2, 0.25) is 0 Å². The molecule has 1 aliphatic rings. The molecule has 3 aromatic rings. The molecule has 2 unspecified atom stereocenters. The van der Waals surface area contributed by atoms with E-state index in [4.69, 9.17) is 5.73 Å². The predicted octanol–water partition coefficient (Wildman–Crippen LogP) is 5.30. The third-order valence-corrected chi connectivity index (χ3v) is 7.26. The van der Waals surface area contributed by atoms with E-state index < -0.39 is 29.0 Å². The van der Waals surface area contributed by atoms with Crippen LogP contribution in [0.5, 0.6) is 0 Å². The molecule has 0 saturated carbocycles. The topological polar surface area (TPSA) is 64.2 Å². The molecule has 0 fully saturated rings. The second kappa shape index (κ2) is 9.69. The number of aromatic nitrogens is 2. The summed E-state index contributed by atoms with van der Waals surface area (Å²) < 4.78 is 55.9. The van der Waals surface area contributed by atoms with Crippen LogP contribution >= 0.6 is 0 Å². The maximum atomic E-state index is 14.1. The fraction of sp³-hybridized carbons (Fsp3) is 0.407. The van der Waals surface area contributed by atoms with Gasteiger partial charge in [-0.25, -0.2) is 4.39 Å². The summed E-state index contributed by atoms with van der Waals surface area (Å²) in [5.74, 6) is -1.45. The minimum absolute atomic E-state index is 0.182. The van der Waals surface area contributed by atoms with Crippen molar-refractivity contribution in [2.24, 2.45) is 5.73 Å². The highest BCUT2D eigenvalue weighted by atomic mass is 19.4. The number of fused-ring (bicyclic) bond motifs is 1. The number of nitrogens with zero attached hydrogens (tertiary/aromatic N) is 3. The lowest BCUT2D eigenvalue weighted by Crippen LogP contribution is -2.56. The third kappa shape index (κ3) is 4.64. The highest BCUT2D eigenvalue weighted by Gasteiger charge is 2.46. The zero-order valence-corrected chi connectivity index (χ0v) is 20.6. The Morgan fingerprint density at radius 2 is 1.83 bits per heavy atom. The SMILES string of the molecule is CCn1nc(C)c2c1CCN(C(C)(C(N)=O)c1ccccc1)C2CCc1cc(F)cc(C(F)(F)F)c1. The van der Waals surface area contributed by atoms with Crippen molar-refractivity contribution in [2.75, 3.05) is 6.54 Å². The summed E-state index contributed by atoms with van der Waals surface area (Å²) in [7, 11) is 0. The Labute approximate surface area is 207 Å². The van der Waals surface area contributed by atoms with Crippen LogP contribution < -0.4 is 5.73 Å². The van der Waals surface area contributed by atoms with Crippen molar-refractivity contribution in [3.8, 4) is 0 Å². The molecule has 2 heterocycles. The first-order valence-corrected chi connectivity index (χ1v) is 12.0.